The van der Waals surface area contributed by atoms with Gasteiger partial charge in [-0.05, 0) is 12.8 Å². The van der Waals surface area contributed by atoms with Gasteiger partial charge in [0.05, 0.1) is 13.1 Å². The van der Waals surface area contributed by atoms with Crippen LogP contribution in [-0.4, -0.2) is 45.3 Å². The fraction of sp³-hybridized carbons (Fsp3) is 0.667. The Morgan fingerprint density at radius 2 is 2.05 bits per heavy atom. The topological polar surface area (TPSA) is 96.1 Å². The van der Waals surface area contributed by atoms with Crippen molar-refractivity contribution in [2.45, 2.75) is 32.2 Å². The Morgan fingerprint density at radius 1 is 1.35 bits per heavy atom. The van der Waals surface area contributed by atoms with Gasteiger partial charge in [0.1, 0.15) is 12.4 Å². The van der Waals surface area contributed by atoms with Crippen LogP contribution in [0.3, 0.4) is 0 Å². The number of nitrogens with two attached hydrogens (primary N) is 1. The van der Waals surface area contributed by atoms with Crippen LogP contribution in [0.25, 0.3) is 0 Å². The zero-order valence-electron chi connectivity index (χ0n) is 11.4. The molecule has 2 rings (SSSR count). The number of aliphatic imine (C=N–C) groups is 1. The van der Waals surface area contributed by atoms with Crippen molar-refractivity contribution in [3.05, 3.63) is 12.2 Å². The summed E-state index contributed by atoms with van der Waals surface area (Å²) in [5.74, 6) is 0.798. The molecule has 0 aromatic carbocycles. The summed E-state index contributed by atoms with van der Waals surface area (Å²) in [6.45, 7) is 3.13. The maximum absolute atomic E-state index is 8.62. The number of nitrogens with zero attached hydrogens (tertiary/aromatic N) is 6. The lowest BCUT2D eigenvalue weighted by atomic mass is 10.2. The zero-order valence-corrected chi connectivity index (χ0v) is 13.7. The van der Waals surface area contributed by atoms with Crippen molar-refractivity contribution in [3.8, 4) is 6.07 Å². The summed E-state index contributed by atoms with van der Waals surface area (Å²) in [7, 11) is 0. The van der Waals surface area contributed by atoms with Crippen LogP contribution in [0.4, 0.5) is 0 Å². The SMILES string of the molecule is I.N#Cc1ncn(CCN=C(N)N2CCCCCC2)n1. The van der Waals surface area contributed by atoms with Crippen molar-refractivity contribution >= 4 is 29.9 Å². The van der Waals surface area contributed by atoms with Gasteiger partial charge in [0, 0.05) is 13.1 Å². The van der Waals surface area contributed by atoms with Crippen molar-refractivity contribution < 1.29 is 0 Å². The van der Waals surface area contributed by atoms with E-state index < -0.39 is 0 Å². The maximum atomic E-state index is 8.62. The first-order valence-corrected chi connectivity index (χ1v) is 6.64. The van der Waals surface area contributed by atoms with Crippen LogP contribution in [0.15, 0.2) is 11.3 Å². The molecule has 0 amide bonds. The third-order valence-electron chi connectivity index (χ3n) is 3.17. The zero-order chi connectivity index (χ0) is 13.5. The average molecular weight is 389 g/mol. The minimum Gasteiger partial charge on any atom is -0.370 e. The number of nitriles is 1. The highest BCUT2D eigenvalue weighted by Crippen LogP contribution is 2.08. The van der Waals surface area contributed by atoms with Crippen molar-refractivity contribution in [1.29, 1.82) is 5.26 Å². The van der Waals surface area contributed by atoms with Crippen LogP contribution in [0.5, 0.6) is 0 Å². The lowest BCUT2D eigenvalue weighted by molar-refractivity contribution is 0.427. The molecule has 1 aromatic rings. The molecular weight excluding hydrogens is 369 g/mol. The van der Waals surface area contributed by atoms with E-state index in [4.69, 9.17) is 11.0 Å². The quantitative estimate of drug-likeness (QED) is 0.472. The van der Waals surface area contributed by atoms with E-state index in [0.717, 1.165) is 13.1 Å². The van der Waals surface area contributed by atoms with Crippen LogP contribution >= 0.6 is 24.0 Å². The molecule has 7 nitrogen and oxygen atoms in total. The first kappa shape index (κ1) is 16.7. The Balaban J connectivity index is 0.00000200. The highest BCUT2D eigenvalue weighted by atomic mass is 127. The molecule has 0 radical (unpaired) electrons. The van der Waals surface area contributed by atoms with Crippen molar-refractivity contribution in [3.63, 3.8) is 0 Å². The van der Waals surface area contributed by atoms with E-state index in [2.05, 4.69) is 20.0 Å². The molecule has 2 heterocycles. The van der Waals surface area contributed by atoms with Gasteiger partial charge in [0.25, 0.3) is 5.82 Å². The molecule has 0 bridgehead atoms. The highest BCUT2D eigenvalue weighted by molar-refractivity contribution is 14.0. The predicted molar refractivity (Wildman–Crippen MR) is 86.7 cm³/mol. The summed E-state index contributed by atoms with van der Waals surface area (Å²) in [5, 5.41) is 12.6. The van der Waals surface area contributed by atoms with Crippen molar-refractivity contribution in [2.75, 3.05) is 19.6 Å². The molecule has 1 aromatic heterocycles. The third-order valence-corrected chi connectivity index (χ3v) is 3.17. The second-order valence-corrected chi connectivity index (χ2v) is 4.58. The maximum Gasteiger partial charge on any atom is 0.252 e. The number of hydrogen-bond acceptors (Lipinski definition) is 4. The molecular formula is C12H20IN7. The summed E-state index contributed by atoms with van der Waals surface area (Å²) in [6, 6.07) is 1.89. The van der Waals surface area contributed by atoms with Crippen LogP contribution in [0.2, 0.25) is 0 Å². The number of likely N-dealkylation sites (tertiary alicyclic amines) is 1. The van der Waals surface area contributed by atoms with Gasteiger partial charge in [-0.3, -0.25) is 4.99 Å². The minimum atomic E-state index is 0. The van der Waals surface area contributed by atoms with E-state index in [-0.39, 0.29) is 29.8 Å². The minimum absolute atomic E-state index is 0. The van der Waals surface area contributed by atoms with Gasteiger partial charge in [0.2, 0.25) is 0 Å². The second-order valence-electron chi connectivity index (χ2n) is 4.58. The smallest absolute Gasteiger partial charge is 0.252 e. The van der Waals surface area contributed by atoms with E-state index in [1.54, 1.807) is 4.68 Å². The van der Waals surface area contributed by atoms with Crippen LogP contribution < -0.4 is 5.73 Å². The summed E-state index contributed by atoms with van der Waals surface area (Å²) >= 11 is 0. The van der Waals surface area contributed by atoms with Gasteiger partial charge in [0.15, 0.2) is 5.96 Å². The summed E-state index contributed by atoms with van der Waals surface area (Å²) in [4.78, 5) is 10.4. The highest BCUT2D eigenvalue weighted by Gasteiger charge is 2.10. The molecule has 2 N–H and O–H groups in total. The Hall–Kier alpha value is -1.37. The molecule has 20 heavy (non-hydrogen) atoms. The molecule has 1 aliphatic rings. The summed E-state index contributed by atoms with van der Waals surface area (Å²) < 4.78 is 1.61. The molecule has 0 aliphatic carbocycles. The second kappa shape index (κ2) is 8.73. The van der Waals surface area contributed by atoms with Gasteiger partial charge < -0.3 is 10.6 Å². The fourth-order valence-electron chi connectivity index (χ4n) is 2.12. The number of guanidine groups is 1. The molecule has 0 spiro atoms. The Kier molecular flexibility index (Phi) is 7.28. The van der Waals surface area contributed by atoms with Gasteiger partial charge in [-0.15, -0.1) is 29.1 Å². The molecule has 1 aliphatic heterocycles. The molecule has 0 unspecified atom stereocenters. The Morgan fingerprint density at radius 3 is 2.65 bits per heavy atom. The molecule has 110 valence electrons. The summed E-state index contributed by atoms with van der Waals surface area (Å²) in [5.41, 5.74) is 5.99. The summed E-state index contributed by atoms with van der Waals surface area (Å²) in [6.07, 6.45) is 6.46. The van der Waals surface area contributed by atoms with Crippen molar-refractivity contribution in [2.24, 2.45) is 10.7 Å². The molecule has 0 saturated carbocycles. The van der Waals surface area contributed by atoms with Crippen LogP contribution in [0, 0.1) is 11.3 Å². The first-order chi connectivity index (χ1) is 9.29. The average Bonchev–Trinajstić information content (AvgIpc) is 2.71. The third kappa shape index (κ3) is 4.96. The van der Waals surface area contributed by atoms with E-state index in [1.807, 2.05) is 6.07 Å². The van der Waals surface area contributed by atoms with E-state index in [0.29, 0.717) is 19.0 Å². The van der Waals surface area contributed by atoms with Gasteiger partial charge in [-0.2, -0.15) is 5.26 Å². The largest absolute Gasteiger partial charge is 0.370 e. The number of hydrogen-bond donors (Lipinski definition) is 1. The predicted octanol–water partition coefficient (Wildman–Crippen LogP) is 0.958. The number of aromatic nitrogens is 3. The van der Waals surface area contributed by atoms with Gasteiger partial charge in [-0.1, -0.05) is 12.8 Å². The Bertz CT molecular complexity index is 468. The normalized spacial score (nSPS) is 16.1. The standard InChI is InChI=1S/C12H19N7.HI/c13-9-11-16-10-19(17-11)8-5-15-12(14)18-6-3-1-2-4-7-18;/h10H,1-8H2,(H2,14,15);1H. The molecule has 1 saturated heterocycles. The molecule has 8 heteroatoms. The van der Waals surface area contributed by atoms with Gasteiger partial charge in [-0.25, -0.2) is 9.67 Å². The van der Waals surface area contributed by atoms with E-state index in [9.17, 15) is 0 Å². The molecule has 1 fully saturated rings. The van der Waals surface area contributed by atoms with E-state index >= 15 is 0 Å². The van der Waals surface area contributed by atoms with Crippen LogP contribution in [0.1, 0.15) is 31.5 Å². The fourth-order valence-corrected chi connectivity index (χ4v) is 2.12. The van der Waals surface area contributed by atoms with Crippen molar-refractivity contribution in [1.82, 2.24) is 19.7 Å². The molecule has 0 atom stereocenters. The monoisotopic (exact) mass is 389 g/mol. The number of rotatable bonds is 3. The van der Waals surface area contributed by atoms with E-state index in [1.165, 1.54) is 32.0 Å². The lowest BCUT2D eigenvalue weighted by Gasteiger charge is -2.21. The number of halogens is 1. The van der Waals surface area contributed by atoms with Gasteiger partial charge >= 0.3 is 0 Å². The Labute approximate surface area is 135 Å². The lowest BCUT2D eigenvalue weighted by Crippen LogP contribution is -2.38. The first-order valence-electron chi connectivity index (χ1n) is 6.64. The van der Waals surface area contributed by atoms with Crippen LogP contribution in [-0.2, 0) is 6.54 Å².